The molecule has 1 aliphatic heterocycles. The molecule has 0 spiro atoms. The SMILES string of the molecule is CC1CN(c2ccc(F)cc2)C(=O)c2cc(CNc3ccc(OC(F)F)cc3)nn21. The van der Waals surface area contributed by atoms with E-state index >= 15 is 0 Å². The lowest BCUT2D eigenvalue weighted by Gasteiger charge is -2.31. The van der Waals surface area contributed by atoms with Crippen LogP contribution in [0.3, 0.4) is 0 Å². The first-order valence-electron chi connectivity index (χ1n) is 9.35. The van der Waals surface area contributed by atoms with E-state index in [1.54, 1.807) is 39.9 Å². The van der Waals surface area contributed by atoms with E-state index in [-0.39, 0.29) is 23.5 Å². The summed E-state index contributed by atoms with van der Waals surface area (Å²) in [5.41, 5.74) is 2.45. The summed E-state index contributed by atoms with van der Waals surface area (Å²) in [7, 11) is 0. The van der Waals surface area contributed by atoms with E-state index in [4.69, 9.17) is 0 Å². The Labute approximate surface area is 170 Å². The minimum atomic E-state index is -2.87. The predicted molar refractivity (Wildman–Crippen MR) is 105 cm³/mol. The minimum absolute atomic E-state index is 0.0534. The first-order chi connectivity index (χ1) is 14.4. The van der Waals surface area contributed by atoms with Crippen molar-refractivity contribution < 1.29 is 22.7 Å². The number of nitrogens with zero attached hydrogens (tertiary/aromatic N) is 3. The van der Waals surface area contributed by atoms with Gasteiger partial charge in [0, 0.05) is 17.9 Å². The fourth-order valence-electron chi connectivity index (χ4n) is 3.38. The number of hydrogen-bond donors (Lipinski definition) is 1. The van der Waals surface area contributed by atoms with E-state index in [0.29, 0.717) is 35.9 Å². The molecule has 0 bridgehead atoms. The maximum absolute atomic E-state index is 13.2. The highest BCUT2D eigenvalue weighted by molar-refractivity contribution is 6.05. The van der Waals surface area contributed by atoms with E-state index < -0.39 is 6.61 Å². The molecule has 30 heavy (non-hydrogen) atoms. The van der Waals surface area contributed by atoms with Crippen molar-refractivity contribution in [3.05, 3.63) is 71.8 Å². The monoisotopic (exact) mass is 416 g/mol. The number of hydrogen-bond acceptors (Lipinski definition) is 4. The van der Waals surface area contributed by atoms with Gasteiger partial charge in [-0.25, -0.2) is 4.39 Å². The maximum atomic E-state index is 13.2. The molecule has 4 rings (SSSR count). The molecule has 3 aromatic rings. The van der Waals surface area contributed by atoms with Gasteiger partial charge < -0.3 is 15.0 Å². The van der Waals surface area contributed by atoms with E-state index in [0.717, 1.165) is 0 Å². The Bertz CT molecular complexity index is 1040. The Morgan fingerprint density at radius 2 is 1.87 bits per heavy atom. The molecule has 0 saturated carbocycles. The smallest absolute Gasteiger partial charge is 0.387 e. The summed E-state index contributed by atoms with van der Waals surface area (Å²) < 4.78 is 43.7. The molecule has 9 heteroatoms. The maximum Gasteiger partial charge on any atom is 0.387 e. The average Bonchev–Trinajstić information content (AvgIpc) is 3.16. The van der Waals surface area contributed by atoms with Crippen LogP contribution < -0.4 is 15.0 Å². The Morgan fingerprint density at radius 3 is 2.53 bits per heavy atom. The second-order valence-corrected chi connectivity index (χ2v) is 6.96. The number of nitrogens with one attached hydrogen (secondary N) is 1. The third-order valence-electron chi connectivity index (χ3n) is 4.81. The summed E-state index contributed by atoms with van der Waals surface area (Å²) in [6, 6.07) is 13.6. The normalized spacial score (nSPS) is 16.0. The van der Waals surface area contributed by atoms with Crippen LogP contribution in [0.5, 0.6) is 5.75 Å². The lowest BCUT2D eigenvalue weighted by Crippen LogP contribution is -2.42. The predicted octanol–water partition coefficient (Wildman–Crippen LogP) is 4.46. The van der Waals surface area contributed by atoms with Crippen LogP contribution in [0.4, 0.5) is 24.5 Å². The highest BCUT2D eigenvalue weighted by Gasteiger charge is 2.31. The number of ether oxygens (including phenoxy) is 1. The van der Waals surface area contributed by atoms with E-state index in [2.05, 4.69) is 15.2 Å². The van der Waals surface area contributed by atoms with Crippen LogP contribution >= 0.6 is 0 Å². The number of anilines is 2. The minimum Gasteiger partial charge on any atom is -0.435 e. The second kappa shape index (κ2) is 8.10. The second-order valence-electron chi connectivity index (χ2n) is 6.96. The topological polar surface area (TPSA) is 59.4 Å². The van der Waals surface area contributed by atoms with Crippen LogP contribution in [0.15, 0.2) is 54.6 Å². The molecule has 1 N–H and O–H groups in total. The largest absolute Gasteiger partial charge is 0.435 e. The van der Waals surface area contributed by atoms with Crippen molar-refractivity contribution in [3.8, 4) is 5.75 Å². The Balaban J connectivity index is 1.47. The molecule has 1 unspecified atom stereocenters. The van der Waals surface area contributed by atoms with Crippen LogP contribution in [-0.4, -0.2) is 28.8 Å². The van der Waals surface area contributed by atoms with Gasteiger partial charge in [0.2, 0.25) is 0 Å². The average molecular weight is 416 g/mol. The van der Waals surface area contributed by atoms with Gasteiger partial charge in [-0.2, -0.15) is 13.9 Å². The van der Waals surface area contributed by atoms with Gasteiger partial charge in [0.05, 0.1) is 18.3 Å². The molecule has 6 nitrogen and oxygen atoms in total. The number of halogens is 3. The van der Waals surface area contributed by atoms with Gasteiger partial charge in [-0.05, 0) is 61.5 Å². The number of carbonyl (C=O) groups is 1. The number of aromatic nitrogens is 2. The van der Waals surface area contributed by atoms with Gasteiger partial charge in [-0.15, -0.1) is 0 Å². The van der Waals surface area contributed by atoms with Crippen LogP contribution in [0, 0.1) is 5.82 Å². The summed E-state index contributed by atoms with van der Waals surface area (Å²) in [4.78, 5) is 14.5. The first-order valence-corrected chi connectivity index (χ1v) is 9.35. The van der Waals surface area contributed by atoms with Crippen molar-refractivity contribution in [2.45, 2.75) is 26.1 Å². The van der Waals surface area contributed by atoms with Crippen LogP contribution in [-0.2, 0) is 6.54 Å². The molecule has 2 heterocycles. The van der Waals surface area contributed by atoms with Crippen molar-refractivity contribution in [1.82, 2.24) is 9.78 Å². The molecule has 156 valence electrons. The molecule has 1 aromatic heterocycles. The number of amides is 1. The fraction of sp³-hybridized carbons (Fsp3) is 0.238. The van der Waals surface area contributed by atoms with Gasteiger partial charge in [0.25, 0.3) is 5.91 Å². The molecule has 0 saturated heterocycles. The Kier molecular flexibility index (Phi) is 5.35. The zero-order chi connectivity index (χ0) is 21.3. The van der Waals surface area contributed by atoms with E-state index in [9.17, 15) is 18.0 Å². The first kappa shape index (κ1) is 19.8. The molecule has 0 radical (unpaired) electrons. The van der Waals surface area contributed by atoms with Gasteiger partial charge in [0.1, 0.15) is 17.3 Å². The van der Waals surface area contributed by atoms with Crippen LogP contribution in [0.2, 0.25) is 0 Å². The lowest BCUT2D eigenvalue weighted by atomic mass is 10.1. The molecule has 0 fully saturated rings. The third kappa shape index (κ3) is 4.10. The fourth-order valence-corrected chi connectivity index (χ4v) is 3.38. The van der Waals surface area contributed by atoms with E-state index in [1.165, 1.54) is 24.3 Å². The van der Waals surface area contributed by atoms with Crippen LogP contribution in [0.25, 0.3) is 0 Å². The van der Waals surface area contributed by atoms with Gasteiger partial charge >= 0.3 is 6.61 Å². The van der Waals surface area contributed by atoms with Crippen LogP contribution in [0.1, 0.15) is 29.1 Å². The van der Waals surface area contributed by atoms with E-state index in [1.807, 2.05) is 6.92 Å². The molecule has 1 atom stereocenters. The number of fused-ring (bicyclic) bond motifs is 1. The van der Waals surface area contributed by atoms with Crippen molar-refractivity contribution in [1.29, 1.82) is 0 Å². The summed E-state index contributed by atoms with van der Waals surface area (Å²) in [5.74, 6) is -0.483. The highest BCUT2D eigenvalue weighted by atomic mass is 19.3. The zero-order valence-electron chi connectivity index (χ0n) is 16.1. The molecule has 2 aromatic carbocycles. The van der Waals surface area contributed by atoms with Gasteiger partial charge in [-0.1, -0.05) is 0 Å². The van der Waals surface area contributed by atoms with Crippen molar-refractivity contribution in [2.75, 3.05) is 16.8 Å². The molecular weight excluding hydrogens is 397 g/mol. The van der Waals surface area contributed by atoms with Crippen molar-refractivity contribution in [3.63, 3.8) is 0 Å². The molecule has 1 amide bonds. The number of alkyl halides is 2. The summed E-state index contributed by atoms with van der Waals surface area (Å²) in [6.07, 6.45) is 0. The zero-order valence-corrected chi connectivity index (χ0v) is 16.1. The van der Waals surface area contributed by atoms with Gasteiger partial charge in [0.15, 0.2) is 0 Å². The Hall–Kier alpha value is -3.49. The number of carbonyl (C=O) groups excluding carboxylic acids is 1. The summed E-state index contributed by atoms with van der Waals surface area (Å²) >= 11 is 0. The lowest BCUT2D eigenvalue weighted by molar-refractivity contribution is -0.0498. The summed E-state index contributed by atoms with van der Waals surface area (Å²) in [6.45, 7) is -0.128. The standard InChI is InChI=1S/C21H19F3N4O2/c1-13-12-27(17-6-2-14(22)3-7-17)20(29)19-10-16(26-28(13)19)11-25-15-4-8-18(9-5-15)30-21(23)24/h2-10,13,21,25H,11-12H2,1H3. The number of rotatable bonds is 6. The van der Waals surface area contributed by atoms with Crippen molar-refractivity contribution in [2.24, 2.45) is 0 Å². The molecular formula is C21H19F3N4O2. The molecule has 1 aliphatic rings. The third-order valence-corrected chi connectivity index (χ3v) is 4.81. The quantitative estimate of drug-likeness (QED) is 0.645. The Morgan fingerprint density at radius 1 is 1.17 bits per heavy atom. The van der Waals surface area contributed by atoms with Crippen molar-refractivity contribution >= 4 is 17.3 Å². The summed E-state index contributed by atoms with van der Waals surface area (Å²) in [5, 5.41) is 7.66. The molecule has 0 aliphatic carbocycles. The van der Waals surface area contributed by atoms with Gasteiger partial charge in [-0.3, -0.25) is 9.48 Å². The number of benzene rings is 2. The highest BCUT2D eigenvalue weighted by Crippen LogP contribution is 2.27.